The van der Waals surface area contributed by atoms with Crippen LogP contribution in [0.1, 0.15) is 5.56 Å². The Hall–Kier alpha value is -3.72. The van der Waals surface area contributed by atoms with Crippen LogP contribution in [0.4, 0.5) is 5.69 Å². The molecule has 0 unspecified atom stereocenters. The fraction of sp³-hybridized carbons (Fsp3) is 0.100. The average molecular weight is 411 g/mol. The number of carbonyl (C=O) groups is 3. The molecule has 0 radical (unpaired) electrons. The summed E-state index contributed by atoms with van der Waals surface area (Å²) in [5.41, 5.74) is 1.10. The third kappa shape index (κ3) is 5.39. The second kappa shape index (κ2) is 8.98. The Morgan fingerprint density at radius 1 is 1.07 bits per heavy atom. The van der Waals surface area contributed by atoms with E-state index in [0.29, 0.717) is 22.7 Å². The van der Waals surface area contributed by atoms with Gasteiger partial charge in [0.15, 0.2) is 11.7 Å². The molecule has 2 aromatic rings. The zero-order valence-electron chi connectivity index (χ0n) is 15.4. The molecule has 3 amide bonds. The maximum Gasteiger partial charge on any atom is 0.263 e. The monoisotopic (exact) mass is 411 g/mol. The number of amides is 3. The first-order chi connectivity index (χ1) is 13.9. The van der Waals surface area contributed by atoms with Gasteiger partial charge in [-0.3, -0.25) is 25.0 Å². The van der Waals surface area contributed by atoms with Gasteiger partial charge in [-0.1, -0.05) is 12.1 Å². The van der Waals surface area contributed by atoms with Gasteiger partial charge in [0.2, 0.25) is 0 Å². The van der Waals surface area contributed by atoms with Gasteiger partial charge in [0.1, 0.15) is 17.1 Å². The minimum Gasteiger partial charge on any atom is -0.497 e. The topological polar surface area (TPSA) is 106 Å². The van der Waals surface area contributed by atoms with E-state index in [0.717, 1.165) is 0 Å². The lowest BCUT2D eigenvalue weighted by Gasteiger charge is -2.16. The van der Waals surface area contributed by atoms with Crippen LogP contribution in [0.25, 0.3) is 6.08 Å². The Morgan fingerprint density at radius 3 is 2.41 bits per heavy atom. The molecular formula is C20H17N3O5S. The number of rotatable bonds is 6. The van der Waals surface area contributed by atoms with Crippen molar-refractivity contribution in [2.45, 2.75) is 0 Å². The first-order valence-electron chi connectivity index (χ1n) is 8.50. The SMILES string of the molecule is COc1ccc(NC(=O)COc2cccc(C=C3C(=O)NC(=S)NC3=O)c2)cc1. The Morgan fingerprint density at radius 2 is 1.76 bits per heavy atom. The van der Waals surface area contributed by atoms with Crippen molar-refractivity contribution in [3.05, 3.63) is 59.7 Å². The number of nitrogens with one attached hydrogen (secondary N) is 3. The highest BCUT2D eigenvalue weighted by Crippen LogP contribution is 2.18. The van der Waals surface area contributed by atoms with Gasteiger partial charge in [-0.25, -0.2) is 0 Å². The van der Waals surface area contributed by atoms with Crippen LogP contribution in [0.15, 0.2) is 54.1 Å². The quantitative estimate of drug-likeness (QED) is 0.379. The summed E-state index contributed by atoms with van der Waals surface area (Å²) in [4.78, 5) is 35.9. The normalized spacial score (nSPS) is 13.3. The molecule has 0 aliphatic carbocycles. The minimum atomic E-state index is -0.580. The van der Waals surface area contributed by atoms with E-state index >= 15 is 0 Å². The van der Waals surface area contributed by atoms with Gasteiger partial charge in [-0.15, -0.1) is 0 Å². The van der Waals surface area contributed by atoms with Crippen LogP contribution in [0.2, 0.25) is 0 Å². The molecule has 0 bridgehead atoms. The molecule has 0 atom stereocenters. The molecule has 9 heteroatoms. The van der Waals surface area contributed by atoms with Crippen molar-refractivity contribution < 1.29 is 23.9 Å². The fourth-order valence-corrected chi connectivity index (χ4v) is 2.67. The third-order valence-electron chi connectivity index (χ3n) is 3.86. The average Bonchev–Trinajstić information content (AvgIpc) is 2.70. The van der Waals surface area contributed by atoms with Gasteiger partial charge < -0.3 is 14.8 Å². The second-order valence-electron chi connectivity index (χ2n) is 5.93. The van der Waals surface area contributed by atoms with Crippen molar-refractivity contribution in [2.24, 2.45) is 0 Å². The molecule has 1 saturated heterocycles. The molecular weight excluding hydrogens is 394 g/mol. The molecule has 0 spiro atoms. The molecule has 0 aromatic heterocycles. The van der Waals surface area contributed by atoms with Gasteiger partial charge in [0.05, 0.1) is 7.11 Å². The van der Waals surface area contributed by atoms with E-state index in [1.54, 1.807) is 55.6 Å². The zero-order valence-corrected chi connectivity index (χ0v) is 16.2. The number of thiocarbonyl (C=S) groups is 1. The Labute approximate surface area is 171 Å². The lowest BCUT2D eigenvalue weighted by Crippen LogP contribution is -2.51. The summed E-state index contributed by atoms with van der Waals surface area (Å²) < 4.78 is 10.6. The molecule has 3 N–H and O–H groups in total. The van der Waals surface area contributed by atoms with Crippen molar-refractivity contribution in [1.82, 2.24) is 10.6 Å². The summed E-state index contributed by atoms with van der Waals surface area (Å²) in [7, 11) is 1.56. The summed E-state index contributed by atoms with van der Waals surface area (Å²) in [6.45, 7) is -0.207. The number of hydrogen-bond acceptors (Lipinski definition) is 6. The maximum absolute atomic E-state index is 12.1. The fourth-order valence-electron chi connectivity index (χ4n) is 2.49. The number of anilines is 1. The molecule has 1 aliphatic rings. The van der Waals surface area contributed by atoms with Crippen LogP contribution in [-0.2, 0) is 14.4 Å². The van der Waals surface area contributed by atoms with E-state index in [1.807, 2.05) is 0 Å². The number of carbonyl (C=O) groups excluding carboxylic acids is 3. The highest BCUT2D eigenvalue weighted by molar-refractivity contribution is 7.80. The molecule has 3 rings (SSSR count). The Kier molecular flexibility index (Phi) is 6.20. The smallest absolute Gasteiger partial charge is 0.263 e. The van der Waals surface area contributed by atoms with E-state index < -0.39 is 11.8 Å². The summed E-state index contributed by atoms with van der Waals surface area (Å²) in [6, 6.07) is 13.6. The molecule has 1 aliphatic heterocycles. The molecule has 148 valence electrons. The number of benzene rings is 2. The first kappa shape index (κ1) is 20.0. The van der Waals surface area contributed by atoms with Crippen LogP contribution in [-0.4, -0.2) is 36.6 Å². The maximum atomic E-state index is 12.1. The summed E-state index contributed by atoms with van der Waals surface area (Å²) in [5, 5.41) is 7.41. The van der Waals surface area contributed by atoms with Crippen molar-refractivity contribution in [3.8, 4) is 11.5 Å². The Balaban J connectivity index is 1.61. The first-order valence-corrected chi connectivity index (χ1v) is 8.90. The van der Waals surface area contributed by atoms with Gasteiger partial charge in [0.25, 0.3) is 17.7 Å². The third-order valence-corrected chi connectivity index (χ3v) is 4.06. The highest BCUT2D eigenvalue weighted by Gasteiger charge is 2.25. The van der Waals surface area contributed by atoms with Crippen LogP contribution in [0.5, 0.6) is 11.5 Å². The van der Waals surface area contributed by atoms with Gasteiger partial charge in [-0.05, 0) is 60.3 Å². The summed E-state index contributed by atoms with van der Waals surface area (Å²) in [5.74, 6) is -0.393. The van der Waals surface area contributed by atoms with Crippen LogP contribution in [0.3, 0.4) is 0 Å². The largest absolute Gasteiger partial charge is 0.497 e. The van der Waals surface area contributed by atoms with Gasteiger partial charge in [0, 0.05) is 5.69 Å². The van der Waals surface area contributed by atoms with Crippen LogP contribution in [0, 0.1) is 0 Å². The zero-order chi connectivity index (χ0) is 20.8. The molecule has 29 heavy (non-hydrogen) atoms. The standard InChI is InChI=1S/C20H17N3O5S/c1-27-14-7-5-13(6-8-14)21-17(24)11-28-15-4-2-3-12(9-15)10-16-18(25)22-20(29)23-19(16)26/h2-10H,11H2,1H3,(H,21,24)(H2,22,23,25,26,29). The second-order valence-corrected chi connectivity index (χ2v) is 6.34. The highest BCUT2D eigenvalue weighted by atomic mass is 32.1. The number of hydrogen-bond donors (Lipinski definition) is 3. The number of methoxy groups -OCH3 is 1. The van der Waals surface area contributed by atoms with E-state index in [-0.39, 0.29) is 23.2 Å². The van der Waals surface area contributed by atoms with E-state index in [1.165, 1.54) is 6.08 Å². The number of ether oxygens (including phenoxy) is 2. The van der Waals surface area contributed by atoms with E-state index in [4.69, 9.17) is 21.7 Å². The van der Waals surface area contributed by atoms with Crippen molar-refractivity contribution in [1.29, 1.82) is 0 Å². The van der Waals surface area contributed by atoms with Crippen LogP contribution >= 0.6 is 12.2 Å². The van der Waals surface area contributed by atoms with Crippen molar-refractivity contribution in [2.75, 3.05) is 19.0 Å². The van der Waals surface area contributed by atoms with Crippen LogP contribution < -0.4 is 25.4 Å². The molecule has 1 heterocycles. The molecule has 1 fully saturated rings. The molecule has 8 nitrogen and oxygen atoms in total. The predicted molar refractivity (Wildman–Crippen MR) is 110 cm³/mol. The predicted octanol–water partition coefficient (Wildman–Crippen LogP) is 1.63. The summed E-state index contributed by atoms with van der Waals surface area (Å²) >= 11 is 4.76. The van der Waals surface area contributed by atoms with Gasteiger partial charge in [-0.2, -0.15) is 0 Å². The molecule has 0 saturated carbocycles. The van der Waals surface area contributed by atoms with E-state index in [2.05, 4.69) is 16.0 Å². The summed E-state index contributed by atoms with van der Waals surface area (Å²) in [6.07, 6.45) is 1.41. The lowest BCUT2D eigenvalue weighted by molar-refractivity contribution is -0.123. The minimum absolute atomic E-state index is 0.0305. The molecule has 2 aromatic carbocycles. The van der Waals surface area contributed by atoms with Crippen molar-refractivity contribution in [3.63, 3.8) is 0 Å². The Bertz CT molecular complexity index is 979. The van der Waals surface area contributed by atoms with Crippen molar-refractivity contribution >= 4 is 46.8 Å². The van der Waals surface area contributed by atoms with Gasteiger partial charge >= 0.3 is 0 Å². The lowest BCUT2D eigenvalue weighted by atomic mass is 10.1. The van der Waals surface area contributed by atoms with E-state index in [9.17, 15) is 14.4 Å².